The standard InChI is InChI=1S/C13H14Cl2N2O3/c1-13(11(18)19,7-5-6-7)17-12(20)16-10-8(14)3-2-4-9(10)15/h2-4,7H,5-6H2,1H3,(H,18,19)(H2,16,17,20). The van der Waals surface area contributed by atoms with Gasteiger partial charge < -0.3 is 15.7 Å². The monoisotopic (exact) mass is 316 g/mol. The Balaban J connectivity index is 2.11. The Kier molecular flexibility index (Phi) is 4.11. The first kappa shape index (κ1) is 14.9. The van der Waals surface area contributed by atoms with Gasteiger partial charge in [-0.1, -0.05) is 29.3 Å². The second-order valence-electron chi connectivity index (χ2n) is 4.96. The molecule has 108 valence electrons. The zero-order chi connectivity index (χ0) is 14.9. The quantitative estimate of drug-likeness (QED) is 0.796. The largest absolute Gasteiger partial charge is 0.480 e. The van der Waals surface area contributed by atoms with Crippen LogP contribution in [0.3, 0.4) is 0 Å². The molecule has 1 aromatic carbocycles. The van der Waals surface area contributed by atoms with Crippen molar-refractivity contribution in [3.8, 4) is 0 Å². The Bertz CT molecular complexity index is 540. The fourth-order valence-corrected chi connectivity index (χ4v) is 2.48. The van der Waals surface area contributed by atoms with Crippen molar-refractivity contribution in [2.75, 3.05) is 5.32 Å². The second kappa shape index (κ2) is 5.50. The number of hydrogen-bond acceptors (Lipinski definition) is 2. The summed E-state index contributed by atoms with van der Waals surface area (Å²) < 4.78 is 0. The first-order valence-corrected chi connectivity index (χ1v) is 6.86. The van der Waals surface area contributed by atoms with E-state index in [1.54, 1.807) is 18.2 Å². The number of nitrogens with one attached hydrogen (secondary N) is 2. The molecule has 20 heavy (non-hydrogen) atoms. The topological polar surface area (TPSA) is 78.4 Å². The first-order chi connectivity index (χ1) is 9.34. The van der Waals surface area contributed by atoms with Gasteiger partial charge in [0, 0.05) is 0 Å². The van der Waals surface area contributed by atoms with Crippen molar-refractivity contribution in [1.82, 2.24) is 5.32 Å². The molecule has 0 bridgehead atoms. The Labute approximate surface area is 126 Å². The van der Waals surface area contributed by atoms with Gasteiger partial charge in [0.05, 0.1) is 15.7 Å². The van der Waals surface area contributed by atoms with E-state index in [1.807, 2.05) is 0 Å². The van der Waals surface area contributed by atoms with Crippen LogP contribution < -0.4 is 10.6 Å². The van der Waals surface area contributed by atoms with Gasteiger partial charge in [-0.3, -0.25) is 0 Å². The van der Waals surface area contributed by atoms with E-state index in [1.165, 1.54) is 6.92 Å². The van der Waals surface area contributed by atoms with Crippen LogP contribution in [-0.4, -0.2) is 22.6 Å². The van der Waals surface area contributed by atoms with Gasteiger partial charge in [0.15, 0.2) is 0 Å². The van der Waals surface area contributed by atoms with Crippen molar-refractivity contribution in [3.05, 3.63) is 28.2 Å². The summed E-state index contributed by atoms with van der Waals surface area (Å²) in [6.45, 7) is 1.50. The number of carboxylic acids is 1. The van der Waals surface area contributed by atoms with E-state index < -0.39 is 17.5 Å². The van der Waals surface area contributed by atoms with Crippen molar-refractivity contribution in [2.24, 2.45) is 5.92 Å². The number of urea groups is 1. The third-order valence-corrected chi connectivity index (χ3v) is 4.04. The van der Waals surface area contributed by atoms with Crippen LogP contribution >= 0.6 is 23.2 Å². The van der Waals surface area contributed by atoms with Crippen molar-refractivity contribution in [3.63, 3.8) is 0 Å². The van der Waals surface area contributed by atoms with Crippen LogP contribution in [0.25, 0.3) is 0 Å². The van der Waals surface area contributed by atoms with Crippen molar-refractivity contribution in [1.29, 1.82) is 0 Å². The van der Waals surface area contributed by atoms with Gasteiger partial charge in [-0.2, -0.15) is 0 Å². The van der Waals surface area contributed by atoms with E-state index in [4.69, 9.17) is 23.2 Å². The molecule has 0 saturated heterocycles. The summed E-state index contributed by atoms with van der Waals surface area (Å²) in [5, 5.41) is 14.8. The predicted molar refractivity (Wildman–Crippen MR) is 77.4 cm³/mol. The van der Waals surface area contributed by atoms with Gasteiger partial charge >= 0.3 is 12.0 Å². The molecule has 1 fully saturated rings. The number of rotatable bonds is 4. The van der Waals surface area contributed by atoms with Crippen LogP contribution in [0.15, 0.2) is 18.2 Å². The molecular weight excluding hydrogens is 303 g/mol. The molecular formula is C13H14Cl2N2O3. The average molecular weight is 317 g/mol. The zero-order valence-corrected chi connectivity index (χ0v) is 12.3. The Morgan fingerprint density at radius 1 is 1.30 bits per heavy atom. The number of halogens is 2. The van der Waals surface area contributed by atoms with E-state index in [0.717, 1.165) is 12.8 Å². The molecule has 1 unspecified atom stereocenters. The third-order valence-electron chi connectivity index (χ3n) is 3.41. The van der Waals surface area contributed by atoms with E-state index in [9.17, 15) is 14.7 Å². The molecule has 2 rings (SSSR count). The van der Waals surface area contributed by atoms with Gasteiger partial charge in [-0.05, 0) is 37.8 Å². The fraction of sp³-hybridized carbons (Fsp3) is 0.385. The number of hydrogen-bond donors (Lipinski definition) is 3. The number of carbonyl (C=O) groups excluding carboxylic acids is 1. The fourth-order valence-electron chi connectivity index (χ4n) is 1.99. The number of aliphatic carboxylic acids is 1. The van der Waals surface area contributed by atoms with Crippen LogP contribution in [0.1, 0.15) is 19.8 Å². The van der Waals surface area contributed by atoms with Crippen molar-refractivity contribution in [2.45, 2.75) is 25.3 Å². The molecule has 1 atom stereocenters. The summed E-state index contributed by atoms with van der Waals surface area (Å²) in [7, 11) is 0. The molecule has 2 amide bonds. The number of para-hydroxylation sites is 1. The molecule has 7 heteroatoms. The summed E-state index contributed by atoms with van der Waals surface area (Å²) in [5.74, 6) is -1.10. The van der Waals surface area contributed by atoms with Crippen molar-refractivity contribution >= 4 is 40.9 Å². The molecule has 0 aliphatic heterocycles. The van der Waals surface area contributed by atoms with Crippen LogP contribution in [0, 0.1) is 5.92 Å². The molecule has 0 spiro atoms. The van der Waals surface area contributed by atoms with E-state index >= 15 is 0 Å². The maximum absolute atomic E-state index is 12.0. The second-order valence-corrected chi connectivity index (χ2v) is 5.77. The minimum atomic E-state index is -1.28. The summed E-state index contributed by atoms with van der Waals surface area (Å²) in [6.07, 6.45) is 1.58. The molecule has 1 aliphatic carbocycles. The molecule has 0 aromatic heterocycles. The van der Waals surface area contributed by atoms with Crippen LogP contribution in [0.5, 0.6) is 0 Å². The SMILES string of the molecule is CC(NC(=O)Nc1c(Cl)cccc1Cl)(C(=O)O)C1CC1. The summed E-state index contributed by atoms with van der Waals surface area (Å²) in [6, 6.07) is 4.18. The average Bonchev–Trinajstić information content (AvgIpc) is 3.18. The van der Waals surface area contributed by atoms with E-state index in [0.29, 0.717) is 0 Å². The summed E-state index contributed by atoms with van der Waals surface area (Å²) in [5.41, 5.74) is -1.02. The minimum Gasteiger partial charge on any atom is -0.480 e. The van der Waals surface area contributed by atoms with E-state index in [-0.39, 0.29) is 21.7 Å². The lowest BCUT2D eigenvalue weighted by molar-refractivity contribution is -0.144. The van der Waals surface area contributed by atoms with Gasteiger partial charge in [-0.15, -0.1) is 0 Å². The maximum atomic E-state index is 12.0. The Hall–Kier alpha value is -1.46. The first-order valence-electron chi connectivity index (χ1n) is 6.11. The van der Waals surface area contributed by atoms with Crippen LogP contribution in [-0.2, 0) is 4.79 Å². The molecule has 3 N–H and O–H groups in total. The minimum absolute atomic E-state index is 0.0486. The van der Waals surface area contributed by atoms with Crippen LogP contribution in [0.4, 0.5) is 10.5 Å². The number of benzene rings is 1. The van der Waals surface area contributed by atoms with Crippen molar-refractivity contribution < 1.29 is 14.7 Å². The van der Waals surface area contributed by atoms with Crippen LogP contribution in [0.2, 0.25) is 10.0 Å². The number of carboxylic acid groups (broad SMARTS) is 1. The highest BCUT2D eigenvalue weighted by molar-refractivity contribution is 6.39. The molecule has 1 aliphatic rings. The van der Waals surface area contributed by atoms with Gasteiger partial charge in [0.1, 0.15) is 5.54 Å². The third kappa shape index (κ3) is 2.99. The molecule has 1 aromatic rings. The lowest BCUT2D eigenvalue weighted by Crippen LogP contribution is -2.55. The van der Waals surface area contributed by atoms with E-state index in [2.05, 4.69) is 10.6 Å². The highest BCUT2D eigenvalue weighted by Crippen LogP contribution is 2.40. The number of anilines is 1. The molecule has 5 nitrogen and oxygen atoms in total. The zero-order valence-electron chi connectivity index (χ0n) is 10.7. The normalized spacial score (nSPS) is 17.1. The number of amides is 2. The molecule has 0 heterocycles. The Morgan fingerprint density at radius 2 is 1.85 bits per heavy atom. The van der Waals surface area contributed by atoms with Gasteiger partial charge in [-0.25, -0.2) is 9.59 Å². The molecule has 1 saturated carbocycles. The smallest absolute Gasteiger partial charge is 0.329 e. The Morgan fingerprint density at radius 3 is 2.30 bits per heavy atom. The number of carbonyl (C=O) groups is 2. The summed E-state index contributed by atoms with van der Waals surface area (Å²) in [4.78, 5) is 23.3. The highest BCUT2D eigenvalue weighted by atomic mass is 35.5. The maximum Gasteiger partial charge on any atom is 0.329 e. The van der Waals surface area contributed by atoms with Gasteiger partial charge in [0.25, 0.3) is 0 Å². The summed E-state index contributed by atoms with van der Waals surface area (Å²) >= 11 is 11.9. The molecule has 0 radical (unpaired) electrons. The lowest BCUT2D eigenvalue weighted by atomic mass is 9.96. The van der Waals surface area contributed by atoms with Gasteiger partial charge in [0.2, 0.25) is 0 Å². The lowest BCUT2D eigenvalue weighted by Gasteiger charge is -2.26. The predicted octanol–water partition coefficient (Wildman–Crippen LogP) is 3.37. The highest BCUT2D eigenvalue weighted by Gasteiger charge is 2.48.